The van der Waals surface area contributed by atoms with Gasteiger partial charge in [0.15, 0.2) is 5.76 Å². The molecule has 4 rings (SSSR count). The molecule has 2 nitrogen and oxygen atoms in total. The Morgan fingerprint density at radius 3 is 2.18 bits per heavy atom. The van der Waals surface area contributed by atoms with Crippen LogP contribution >= 0.6 is 20.6 Å². The van der Waals surface area contributed by atoms with Gasteiger partial charge in [-0.15, -0.1) is 0 Å². The molecular formula is C18H11NOS2. The molecule has 2 aliphatic rings. The molecule has 0 radical (unpaired) electrons. The van der Waals surface area contributed by atoms with Gasteiger partial charge in [0.2, 0.25) is 0 Å². The summed E-state index contributed by atoms with van der Waals surface area (Å²) in [5.41, 5.74) is 2.79. The van der Waals surface area contributed by atoms with Crippen LogP contribution in [0.15, 0.2) is 72.3 Å². The van der Waals surface area contributed by atoms with Crippen molar-refractivity contribution in [2.24, 2.45) is 0 Å². The number of hydrogen-bond acceptors (Lipinski definition) is 3. The fraction of sp³-hybridized carbons (Fsp3) is 0. The predicted molar refractivity (Wildman–Crippen MR) is 94.7 cm³/mol. The Balaban J connectivity index is 1.74. The average Bonchev–Trinajstić information content (AvgIpc) is 3.14. The zero-order chi connectivity index (χ0) is 14.9. The topological polar surface area (TPSA) is 33.0 Å². The first-order valence-electron chi connectivity index (χ1n) is 6.82. The van der Waals surface area contributed by atoms with Crippen LogP contribution in [-0.2, 0) is 4.18 Å². The number of nitriles is 1. The molecular weight excluding hydrogens is 310 g/mol. The van der Waals surface area contributed by atoms with Gasteiger partial charge in [-0.05, 0) is 22.4 Å². The molecule has 22 heavy (non-hydrogen) atoms. The summed E-state index contributed by atoms with van der Waals surface area (Å²) in [6, 6.07) is 22.4. The third-order valence-corrected chi connectivity index (χ3v) is 6.87. The number of nitrogens with zero attached hydrogens (tertiary/aromatic N) is 1. The Kier molecular flexibility index (Phi) is 3.38. The zero-order valence-corrected chi connectivity index (χ0v) is 13.2. The molecule has 0 spiro atoms. The SMILES string of the molecule is N#CC1=C(c2ccccc2)OS2=C1C=C(c1ccccc1)S2. The number of benzene rings is 2. The van der Waals surface area contributed by atoms with Crippen molar-refractivity contribution in [2.75, 3.05) is 0 Å². The van der Waals surface area contributed by atoms with Crippen LogP contribution < -0.4 is 0 Å². The standard InChI is InChI=1S/C18H11NOS2/c19-12-15-17-11-16(13-7-3-1-4-8-13)21-22(17)20-18(15)14-9-5-2-6-10-14/h1-11H. The molecule has 0 aromatic heterocycles. The van der Waals surface area contributed by atoms with Gasteiger partial charge in [0.05, 0.1) is 14.7 Å². The quantitative estimate of drug-likeness (QED) is 0.576. The summed E-state index contributed by atoms with van der Waals surface area (Å²) in [5, 5.41) is 9.56. The first kappa shape index (κ1) is 13.4. The Labute approximate surface area is 135 Å². The summed E-state index contributed by atoms with van der Waals surface area (Å²) in [5.74, 6) is 0.706. The number of hydrogen-bond donors (Lipinski definition) is 0. The molecule has 2 aromatic rings. The lowest BCUT2D eigenvalue weighted by molar-refractivity contribution is 0.613. The summed E-state index contributed by atoms with van der Waals surface area (Å²) in [7, 11) is 1.27. The van der Waals surface area contributed by atoms with Gasteiger partial charge in [0, 0.05) is 10.5 Å². The van der Waals surface area contributed by atoms with Gasteiger partial charge in [-0.25, -0.2) is 0 Å². The summed E-state index contributed by atoms with van der Waals surface area (Å²) >= 11 is 0. The van der Waals surface area contributed by atoms with E-state index < -0.39 is 9.80 Å². The zero-order valence-electron chi connectivity index (χ0n) is 11.5. The number of rotatable bonds is 2. The third-order valence-electron chi connectivity index (χ3n) is 3.45. The average molecular weight is 321 g/mol. The summed E-state index contributed by atoms with van der Waals surface area (Å²) < 4.78 is 6.09. The third kappa shape index (κ3) is 2.19. The van der Waals surface area contributed by atoms with Crippen molar-refractivity contribution in [1.29, 1.82) is 5.26 Å². The van der Waals surface area contributed by atoms with Crippen LogP contribution in [0.3, 0.4) is 0 Å². The van der Waals surface area contributed by atoms with Crippen LogP contribution in [0.25, 0.3) is 10.7 Å². The Morgan fingerprint density at radius 2 is 1.55 bits per heavy atom. The van der Waals surface area contributed by atoms with Crippen LogP contribution in [0.4, 0.5) is 0 Å². The molecule has 0 fully saturated rings. The van der Waals surface area contributed by atoms with Crippen molar-refractivity contribution in [3.63, 3.8) is 0 Å². The van der Waals surface area contributed by atoms with Crippen LogP contribution in [0, 0.1) is 11.3 Å². The van der Waals surface area contributed by atoms with Gasteiger partial charge in [-0.1, -0.05) is 60.7 Å². The van der Waals surface area contributed by atoms with Crippen molar-refractivity contribution in [2.45, 2.75) is 0 Å². The molecule has 4 heteroatoms. The van der Waals surface area contributed by atoms with Crippen LogP contribution in [0.2, 0.25) is 0 Å². The van der Waals surface area contributed by atoms with Crippen molar-refractivity contribution in [1.82, 2.24) is 0 Å². The fourth-order valence-electron chi connectivity index (χ4n) is 2.39. The molecule has 0 aliphatic carbocycles. The molecule has 0 saturated heterocycles. The van der Waals surface area contributed by atoms with Crippen molar-refractivity contribution < 1.29 is 4.18 Å². The highest BCUT2D eigenvalue weighted by Crippen LogP contribution is 2.56. The van der Waals surface area contributed by atoms with Crippen LogP contribution in [0.5, 0.6) is 0 Å². The minimum absolute atomic E-state index is 0.415. The Morgan fingerprint density at radius 1 is 0.909 bits per heavy atom. The van der Waals surface area contributed by atoms with Crippen LogP contribution in [-0.4, -0.2) is 4.86 Å². The predicted octanol–water partition coefficient (Wildman–Crippen LogP) is 5.01. The largest absolute Gasteiger partial charge is 0.421 e. The Hall–Kier alpha value is -2.22. The monoisotopic (exact) mass is 321 g/mol. The second-order valence-electron chi connectivity index (χ2n) is 4.82. The summed E-state index contributed by atoms with van der Waals surface area (Å²) in [6.07, 6.45) is 2.09. The van der Waals surface area contributed by atoms with E-state index in [2.05, 4.69) is 24.3 Å². The van der Waals surface area contributed by atoms with Crippen LogP contribution in [0.1, 0.15) is 11.1 Å². The van der Waals surface area contributed by atoms with Gasteiger partial charge < -0.3 is 4.18 Å². The van der Waals surface area contributed by atoms with E-state index in [0.29, 0.717) is 11.3 Å². The van der Waals surface area contributed by atoms with E-state index in [0.717, 1.165) is 10.4 Å². The Bertz CT molecular complexity index is 874. The first-order valence-corrected chi connectivity index (χ1v) is 9.30. The van der Waals surface area contributed by atoms with E-state index in [4.69, 9.17) is 4.18 Å². The second-order valence-corrected chi connectivity index (χ2v) is 7.91. The minimum Gasteiger partial charge on any atom is -0.421 e. The lowest BCUT2D eigenvalue weighted by atomic mass is 10.1. The molecule has 2 heterocycles. The highest BCUT2D eigenvalue weighted by atomic mass is 33.1. The van der Waals surface area contributed by atoms with Crippen molar-refractivity contribution in [3.05, 3.63) is 83.4 Å². The molecule has 2 aliphatic heterocycles. The van der Waals surface area contributed by atoms with E-state index in [1.807, 2.05) is 48.5 Å². The number of allylic oxidation sites excluding steroid dienone is 2. The smallest absolute Gasteiger partial charge is 0.163 e. The van der Waals surface area contributed by atoms with E-state index >= 15 is 0 Å². The summed E-state index contributed by atoms with van der Waals surface area (Å²) in [4.78, 5) is 2.17. The van der Waals surface area contributed by atoms with Gasteiger partial charge in [0.25, 0.3) is 0 Å². The van der Waals surface area contributed by atoms with E-state index in [1.54, 1.807) is 10.8 Å². The van der Waals surface area contributed by atoms with E-state index in [1.165, 1.54) is 10.5 Å². The molecule has 1 unspecified atom stereocenters. The molecule has 1 atom stereocenters. The lowest BCUT2D eigenvalue weighted by Crippen LogP contribution is -1.94. The maximum Gasteiger partial charge on any atom is 0.163 e. The highest BCUT2D eigenvalue weighted by Gasteiger charge is 2.31. The molecule has 106 valence electrons. The van der Waals surface area contributed by atoms with Crippen molar-refractivity contribution in [3.8, 4) is 6.07 Å². The molecule has 0 bridgehead atoms. The normalized spacial score (nSPS) is 19.5. The molecule has 0 N–H and O–H groups in total. The van der Waals surface area contributed by atoms with Gasteiger partial charge in [-0.3, -0.25) is 0 Å². The molecule has 2 aromatic carbocycles. The van der Waals surface area contributed by atoms with Gasteiger partial charge in [0.1, 0.15) is 11.6 Å². The van der Waals surface area contributed by atoms with Crippen molar-refractivity contribution >= 4 is 36.1 Å². The molecule has 0 amide bonds. The maximum atomic E-state index is 9.56. The lowest BCUT2D eigenvalue weighted by Gasteiger charge is -2.09. The van der Waals surface area contributed by atoms with E-state index in [-0.39, 0.29) is 0 Å². The fourth-order valence-corrected chi connectivity index (χ4v) is 5.98. The second kappa shape index (κ2) is 5.53. The first-order chi connectivity index (χ1) is 10.9. The minimum atomic E-state index is -0.415. The van der Waals surface area contributed by atoms with Gasteiger partial charge in [-0.2, -0.15) is 5.26 Å². The molecule has 0 saturated carbocycles. The summed E-state index contributed by atoms with van der Waals surface area (Å²) in [6.45, 7) is 0. The highest BCUT2D eigenvalue weighted by molar-refractivity contribution is 8.86. The van der Waals surface area contributed by atoms with E-state index in [9.17, 15) is 5.26 Å². The van der Waals surface area contributed by atoms with Gasteiger partial charge >= 0.3 is 0 Å². The maximum absolute atomic E-state index is 9.56.